The lowest BCUT2D eigenvalue weighted by molar-refractivity contribution is -0.138. The van der Waals surface area contributed by atoms with E-state index in [-0.39, 0.29) is 49.2 Å². The predicted molar refractivity (Wildman–Crippen MR) is 187 cm³/mol. The summed E-state index contributed by atoms with van der Waals surface area (Å²) in [6.07, 6.45) is 6.80. The molecular formula is C28H55ClN14O6. The van der Waals surface area contributed by atoms with Crippen LogP contribution in [0.15, 0.2) is 9.98 Å². The van der Waals surface area contributed by atoms with Crippen molar-refractivity contribution in [3.63, 3.8) is 0 Å². The second kappa shape index (κ2) is 25.8. The molecule has 8 amide bonds. The van der Waals surface area contributed by atoms with E-state index >= 15 is 0 Å². The van der Waals surface area contributed by atoms with Crippen LogP contribution >= 0.6 is 12.4 Å². The van der Waals surface area contributed by atoms with E-state index in [9.17, 15) is 28.8 Å². The fourth-order valence-corrected chi connectivity index (χ4v) is 4.46. The molecule has 2 atom stereocenters. The molecule has 0 saturated heterocycles. The molecule has 0 aromatic carbocycles. The third-order valence-electron chi connectivity index (χ3n) is 7.28. The molecule has 2 rings (SSSR count). The van der Waals surface area contributed by atoms with E-state index < -0.39 is 36.0 Å². The number of guanidine groups is 2. The van der Waals surface area contributed by atoms with E-state index in [2.05, 4.69) is 41.9 Å². The Morgan fingerprint density at radius 3 is 1.35 bits per heavy atom. The van der Waals surface area contributed by atoms with Crippen LogP contribution in [0.25, 0.3) is 0 Å². The molecule has 0 bridgehead atoms. The Morgan fingerprint density at radius 1 is 0.673 bits per heavy atom. The minimum absolute atomic E-state index is 0. The highest BCUT2D eigenvalue weighted by Gasteiger charge is 2.31. The normalized spacial score (nSPS) is 16.7. The molecule has 2 heterocycles. The van der Waals surface area contributed by atoms with Gasteiger partial charge in [0.2, 0.25) is 23.7 Å². The molecule has 280 valence electrons. The molecule has 21 heteroatoms. The molecule has 2 aliphatic heterocycles. The number of nitrogens with zero attached hydrogens (tertiary/aromatic N) is 4. The van der Waals surface area contributed by atoms with Crippen molar-refractivity contribution in [2.75, 3.05) is 66.5 Å². The van der Waals surface area contributed by atoms with Crippen LogP contribution in [0.2, 0.25) is 0 Å². The number of hydrogen-bond donors (Lipinski definition) is 10. The SMILES string of the molecule is CN(C(=O)CCNCCCCCN)C1CN=C(NC(N)=O)NC1=O.CN(C(=O)CCNCCCCCN)C1CN=C(NC(N)=O)NC1=O.Cl. The minimum Gasteiger partial charge on any atom is -0.351 e. The number of amides is 8. The lowest BCUT2D eigenvalue weighted by Gasteiger charge is -2.29. The summed E-state index contributed by atoms with van der Waals surface area (Å²) in [6, 6.07) is -3.01. The summed E-state index contributed by atoms with van der Waals surface area (Å²) in [5, 5.41) is 15.6. The lowest BCUT2D eigenvalue weighted by atomic mass is 10.2. The van der Waals surface area contributed by atoms with E-state index in [1.807, 2.05) is 0 Å². The third kappa shape index (κ3) is 18.9. The van der Waals surface area contributed by atoms with E-state index in [1.165, 1.54) is 9.80 Å². The summed E-state index contributed by atoms with van der Waals surface area (Å²) in [5.41, 5.74) is 20.8. The molecule has 0 spiro atoms. The summed E-state index contributed by atoms with van der Waals surface area (Å²) in [4.78, 5) is 80.5. The van der Waals surface area contributed by atoms with Gasteiger partial charge in [-0.05, 0) is 51.9 Å². The first-order valence-electron chi connectivity index (χ1n) is 16.1. The number of urea groups is 2. The van der Waals surface area contributed by atoms with Crippen molar-refractivity contribution in [1.29, 1.82) is 0 Å². The molecule has 0 aromatic heterocycles. The standard InChI is InChI=1S/2C14H27N7O3.ClH/c2*1-21(11(22)5-8-17-7-4-2-3-6-15)10-9-18-14(19-12(10)23)20-13(16)24;/h2*10,17H,2-9,15H2,1H3,(H4,16,18,19,20,23,24);1H. The molecule has 14 N–H and O–H groups in total. The number of carbonyl (C=O) groups excluding carboxylic acids is 6. The molecule has 0 aromatic rings. The molecule has 49 heavy (non-hydrogen) atoms. The number of hydrogen-bond acceptors (Lipinski definition) is 12. The highest BCUT2D eigenvalue weighted by Crippen LogP contribution is 2.06. The number of nitrogens with one attached hydrogen (secondary N) is 6. The molecule has 2 aliphatic rings. The Labute approximate surface area is 293 Å². The van der Waals surface area contributed by atoms with Crippen molar-refractivity contribution in [2.24, 2.45) is 32.9 Å². The molecule has 20 nitrogen and oxygen atoms in total. The highest BCUT2D eigenvalue weighted by molar-refractivity contribution is 6.08. The Bertz CT molecular complexity index is 1060. The van der Waals surface area contributed by atoms with Crippen molar-refractivity contribution in [1.82, 2.24) is 41.7 Å². The van der Waals surface area contributed by atoms with Crippen LogP contribution in [-0.2, 0) is 19.2 Å². The third-order valence-corrected chi connectivity index (χ3v) is 7.28. The number of halogens is 1. The Morgan fingerprint density at radius 2 is 1.04 bits per heavy atom. The summed E-state index contributed by atoms with van der Waals surface area (Å²) in [5.74, 6) is -1.09. The first-order valence-corrected chi connectivity index (χ1v) is 16.1. The van der Waals surface area contributed by atoms with E-state index in [0.29, 0.717) is 39.0 Å². The first kappa shape index (κ1) is 44.9. The number of likely N-dealkylation sites (N-methyl/N-ethyl adjacent to an activating group) is 2. The summed E-state index contributed by atoms with van der Waals surface area (Å²) in [7, 11) is 3.13. The van der Waals surface area contributed by atoms with Gasteiger partial charge in [0.05, 0.1) is 13.1 Å². The average molecular weight is 719 g/mol. The zero-order valence-corrected chi connectivity index (χ0v) is 29.2. The van der Waals surface area contributed by atoms with E-state index in [1.54, 1.807) is 14.1 Å². The molecule has 0 aliphatic carbocycles. The number of primary amides is 2. The van der Waals surface area contributed by atoms with Gasteiger partial charge < -0.3 is 43.4 Å². The van der Waals surface area contributed by atoms with Gasteiger partial charge in [0.25, 0.3) is 11.8 Å². The van der Waals surface area contributed by atoms with Gasteiger partial charge in [-0.1, -0.05) is 12.8 Å². The van der Waals surface area contributed by atoms with Gasteiger partial charge in [0.1, 0.15) is 12.1 Å². The number of carbonyl (C=O) groups is 6. The maximum Gasteiger partial charge on any atom is 0.318 e. The maximum absolute atomic E-state index is 12.1. The monoisotopic (exact) mass is 718 g/mol. The van der Waals surface area contributed by atoms with Crippen LogP contribution in [0.5, 0.6) is 0 Å². The second-order valence-electron chi connectivity index (χ2n) is 11.1. The second-order valence-corrected chi connectivity index (χ2v) is 11.1. The van der Waals surface area contributed by atoms with Crippen LogP contribution in [0.4, 0.5) is 9.59 Å². The average Bonchev–Trinajstić information content (AvgIpc) is 3.03. The van der Waals surface area contributed by atoms with Crippen LogP contribution in [0.3, 0.4) is 0 Å². The van der Waals surface area contributed by atoms with Gasteiger partial charge in [0.15, 0.2) is 0 Å². The Hall–Kier alpha value is -4.11. The predicted octanol–water partition coefficient (Wildman–Crippen LogP) is -3.43. The van der Waals surface area contributed by atoms with Gasteiger partial charge in [-0.25, -0.2) is 19.6 Å². The highest BCUT2D eigenvalue weighted by atomic mass is 35.5. The van der Waals surface area contributed by atoms with Crippen LogP contribution in [0, 0.1) is 0 Å². The molecular weight excluding hydrogens is 664 g/mol. The van der Waals surface area contributed by atoms with Crippen molar-refractivity contribution in [3.05, 3.63) is 0 Å². The van der Waals surface area contributed by atoms with Gasteiger partial charge in [-0.2, -0.15) is 0 Å². The molecule has 0 fully saturated rings. The number of rotatable bonds is 18. The van der Waals surface area contributed by atoms with Crippen LogP contribution in [-0.4, -0.2) is 136 Å². The zero-order chi connectivity index (χ0) is 35.9. The smallest absolute Gasteiger partial charge is 0.318 e. The van der Waals surface area contributed by atoms with Crippen LogP contribution < -0.4 is 54.8 Å². The van der Waals surface area contributed by atoms with Crippen molar-refractivity contribution in [2.45, 2.75) is 63.5 Å². The summed E-state index contributed by atoms with van der Waals surface area (Å²) < 4.78 is 0. The molecule has 2 unspecified atom stereocenters. The van der Waals surface area contributed by atoms with Gasteiger partial charge >= 0.3 is 12.1 Å². The van der Waals surface area contributed by atoms with Crippen molar-refractivity contribution < 1.29 is 28.8 Å². The lowest BCUT2D eigenvalue weighted by Crippen LogP contribution is -2.58. The summed E-state index contributed by atoms with van der Waals surface area (Å²) in [6.45, 7) is 4.35. The largest absolute Gasteiger partial charge is 0.351 e. The van der Waals surface area contributed by atoms with Crippen LogP contribution in [0.1, 0.15) is 51.4 Å². The van der Waals surface area contributed by atoms with Gasteiger partial charge in [-0.15, -0.1) is 12.4 Å². The van der Waals surface area contributed by atoms with Gasteiger partial charge in [0, 0.05) is 40.0 Å². The molecule has 0 radical (unpaired) electrons. The number of unbranched alkanes of at least 4 members (excludes halogenated alkanes) is 4. The topological polar surface area (TPSA) is 310 Å². The number of aliphatic imine (C=N–C) groups is 2. The quantitative estimate of drug-likeness (QED) is 0.0626. The summed E-state index contributed by atoms with van der Waals surface area (Å²) >= 11 is 0. The van der Waals surface area contributed by atoms with Crippen molar-refractivity contribution >= 4 is 60.0 Å². The van der Waals surface area contributed by atoms with E-state index in [4.69, 9.17) is 22.9 Å². The van der Waals surface area contributed by atoms with Gasteiger partial charge in [-0.3, -0.25) is 40.4 Å². The minimum atomic E-state index is -0.811. The number of nitrogens with two attached hydrogens (primary N) is 4. The fourth-order valence-electron chi connectivity index (χ4n) is 4.46. The molecule has 0 saturated carbocycles. The Kier molecular flexibility index (Phi) is 23.7. The maximum atomic E-state index is 12.1. The zero-order valence-electron chi connectivity index (χ0n) is 28.4. The fraction of sp³-hybridized carbons (Fsp3) is 0.714. The Balaban J connectivity index is 0.000000922. The van der Waals surface area contributed by atoms with E-state index in [0.717, 1.165) is 51.6 Å². The van der Waals surface area contributed by atoms with Crippen molar-refractivity contribution in [3.8, 4) is 0 Å². The first-order chi connectivity index (χ1) is 22.9.